The second-order valence-corrected chi connectivity index (χ2v) is 5.35. The summed E-state index contributed by atoms with van der Waals surface area (Å²) in [6, 6.07) is 7.13. The Hall–Kier alpha value is -0.870. The number of hydrogen-bond acceptors (Lipinski definition) is 2. The van der Waals surface area contributed by atoms with E-state index in [1.165, 1.54) is 0 Å². The van der Waals surface area contributed by atoms with Crippen LogP contribution in [0, 0.1) is 0 Å². The Bertz CT molecular complexity index is 391. The zero-order valence-corrected chi connectivity index (χ0v) is 11.1. The van der Waals surface area contributed by atoms with Gasteiger partial charge in [0.15, 0.2) is 0 Å². The van der Waals surface area contributed by atoms with Crippen LogP contribution in [0.3, 0.4) is 0 Å². The van der Waals surface area contributed by atoms with Gasteiger partial charge < -0.3 is 10.4 Å². The molecule has 3 nitrogen and oxygen atoms in total. The maximum absolute atomic E-state index is 11.9. The number of amides is 1. The predicted molar refractivity (Wildman–Crippen MR) is 69.9 cm³/mol. The van der Waals surface area contributed by atoms with Gasteiger partial charge in [0.05, 0.1) is 12.1 Å². The Morgan fingerprint density at radius 1 is 1.24 bits per heavy atom. The largest absolute Gasteiger partial charge is 0.391 e. The van der Waals surface area contributed by atoms with E-state index in [0.29, 0.717) is 5.56 Å². The van der Waals surface area contributed by atoms with Crippen LogP contribution in [-0.4, -0.2) is 23.2 Å². The molecular formula is C13H16BrNO2. The van der Waals surface area contributed by atoms with Crippen molar-refractivity contribution in [3.63, 3.8) is 0 Å². The Balaban J connectivity index is 1.98. The molecule has 1 aliphatic carbocycles. The van der Waals surface area contributed by atoms with E-state index in [1.807, 2.05) is 12.1 Å². The lowest BCUT2D eigenvalue weighted by Crippen LogP contribution is -2.45. The molecule has 0 aromatic heterocycles. The number of benzene rings is 1. The number of hydrogen-bond donors (Lipinski definition) is 2. The molecule has 17 heavy (non-hydrogen) atoms. The molecule has 0 radical (unpaired) electrons. The summed E-state index contributed by atoms with van der Waals surface area (Å²) in [4.78, 5) is 11.9. The molecule has 1 saturated carbocycles. The van der Waals surface area contributed by atoms with Crippen LogP contribution in [0.15, 0.2) is 28.7 Å². The van der Waals surface area contributed by atoms with Crippen molar-refractivity contribution in [1.82, 2.24) is 5.32 Å². The van der Waals surface area contributed by atoms with Crippen molar-refractivity contribution in [3.8, 4) is 0 Å². The maximum Gasteiger partial charge on any atom is 0.251 e. The Morgan fingerprint density at radius 2 is 1.88 bits per heavy atom. The van der Waals surface area contributed by atoms with Crippen LogP contribution < -0.4 is 5.32 Å². The normalized spacial score (nSPS) is 24.4. The number of rotatable bonds is 2. The molecule has 1 aromatic rings. The second kappa shape index (κ2) is 5.65. The molecule has 4 heteroatoms. The summed E-state index contributed by atoms with van der Waals surface area (Å²) < 4.78 is 0.951. The van der Waals surface area contributed by atoms with Gasteiger partial charge in [-0.2, -0.15) is 0 Å². The van der Waals surface area contributed by atoms with Gasteiger partial charge in [-0.3, -0.25) is 4.79 Å². The predicted octanol–water partition coefficient (Wildman–Crippen LogP) is 2.48. The molecule has 1 aliphatic rings. The lowest BCUT2D eigenvalue weighted by molar-refractivity contribution is 0.0717. The Morgan fingerprint density at radius 3 is 2.53 bits per heavy atom. The van der Waals surface area contributed by atoms with Gasteiger partial charge in [0.1, 0.15) is 0 Å². The zero-order valence-electron chi connectivity index (χ0n) is 9.53. The van der Waals surface area contributed by atoms with E-state index in [0.717, 1.165) is 30.2 Å². The molecule has 1 amide bonds. The summed E-state index contributed by atoms with van der Waals surface area (Å²) in [6.07, 6.45) is 3.37. The zero-order chi connectivity index (χ0) is 12.3. The summed E-state index contributed by atoms with van der Waals surface area (Å²) in [5.41, 5.74) is 0.631. The van der Waals surface area contributed by atoms with Gasteiger partial charge >= 0.3 is 0 Å². The van der Waals surface area contributed by atoms with Crippen LogP contribution in [0.5, 0.6) is 0 Å². The van der Waals surface area contributed by atoms with Crippen LogP contribution in [0.2, 0.25) is 0 Å². The molecule has 0 unspecified atom stereocenters. The molecule has 0 bridgehead atoms. The first-order chi connectivity index (χ1) is 8.16. The lowest BCUT2D eigenvalue weighted by Gasteiger charge is -2.28. The van der Waals surface area contributed by atoms with Crippen LogP contribution in [0.4, 0.5) is 0 Å². The van der Waals surface area contributed by atoms with E-state index in [4.69, 9.17) is 0 Å². The lowest BCUT2D eigenvalue weighted by atomic mass is 9.92. The third-order valence-corrected chi connectivity index (χ3v) is 3.68. The van der Waals surface area contributed by atoms with E-state index >= 15 is 0 Å². The fourth-order valence-electron chi connectivity index (χ4n) is 2.13. The minimum Gasteiger partial charge on any atom is -0.391 e. The summed E-state index contributed by atoms with van der Waals surface area (Å²) in [7, 11) is 0. The van der Waals surface area contributed by atoms with Crippen LogP contribution in [-0.2, 0) is 0 Å². The quantitative estimate of drug-likeness (QED) is 0.881. The van der Waals surface area contributed by atoms with Gasteiger partial charge in [0.2, 0.25) is 0 Å². The summed E-state index contributed by atoms with van der Waals surface area (Å²) in [5, 5.41) is 12.7. The third kappa shape index (κ3) is 3.30. The topological polar surface area (TPSA) is 49.3 Å². The third-order valence-electron chi connectivity index (χ3n) is 3.15. The van der Waals surface area contributed by atoms with Gasteiger partial charge in [0.25, 0.3) is 5.91 Å². The van der Waals surface area contributed by atoms with E-state index in [-0.39, 0.29) is 11.9 Å². The molecule has 0 saturated heterocycles. The average molecular weight is 298 g/mol. The highest BCUT2D eigenvalue weighted by Crippen LogP contribution is 2.19. The van der Waals surface area contributed by atoms with E-state index in [2.05, 4.69) is 21.2 Å². The number of carbonyl (C=O) groups is 1. The average Bonchev–Trinajstić information content (AvgIpc) is 2.33. The second-order valence-electron chi connectivity index (χ2n) is 4.44. The van der Waals surface area contributed by atoms with Crippen molar-refractivity contribution >= 4 is 21.8 Å². The summed E-state index contributed by atoms with van der Waals surface area (Å²) >= 11 is 3.33. The van der Waals surface area contributed by atoms with Crippen molar-refractivity contribution in [2.45, 2.75) is 37.8 Å². The van der Waals surface area contributed by atoms with Crippen molar-refractivity contribution < 1.29 is 9.90 Å². The molecule has 2 atom stereocenters. The van der Waals surface area contributed by atoms with E-state index in [1.54, 1.807) is 12.1 Å². The number of aliphatic hydroxyl groups is 1. The number of carbonyl (C=O) groups excluding carboxylic acids is 1. The first-order valence-corrected chi connectivity index (χ1v) is 6.70. The first-order valence-electron chi connectivity index (χ1n) is 5.91. The highest BCUT2D eigenvalue weighted by atomic mass is 79.9. The van der Waals surface area contributed by atoms with Gasteiger partial charge in [-0.1, -0.05) is 28.8 Å². The fourth-order valence-corrected chi connectivity index (χ4v) is 2.40. The van der Waals surface area contributed by atoms with Gasteiger partial charge in [-0.25, -0.2) is 0 Å². The number of nitrogens with one attached hydrogen (secondary N) is 1. The fraction of sp³-hybridized carbons (Fsp3) is 0.462. The van der Waals surface area contributed by atoms with Crippen LogP contribution in [0.25, 0.3) is 0 Å². The molecule has 0 aliphatic heterocycles. The molecule has 92 valence electrons. The van der Waals surface area contributed by atoms with E-state index in [9.17, 15) is 9.90 Å². The monoisotopic (exact) mass is 297 g/mol. The minimum absolute atomic E-state index is 0.0973. The molecule has 0 heterocycles. The number of halogens is 1. The summed E-state index contributed by atoms with van der Waals surface area (Å²) in [5.74, 6) is -0.108. The maximum atomic E-state index is 11.9. The van der Waals surface area contributed by atoms with Crippen LogP contribution in [0.1, 0.15) is 36.0 Å². The molecule has 1 fully saturated rings. The highest BCUT2D eigenvalue weighted by molar-refractivity contribution is 9.10. The molecule has 2 N–H and O–H groups in total. The van der Waals surface area contributed by atoms with Gasteiger partial charge in [-0.05, 0) is 37.1 Å². The van der Waals surface area contributed by atoms with Crippen molar-refractivity contribution in [2.24, 2.45) is 0 Å². The highest BCUT2D eigenvalue weighted by Gasteiger charge is 2.24. The molecule has 0 spiro atoms. The van der Waals surface area contributed by atoms with Crippen LogP contribution >= 0.6 is 15.9 Å². The van der Waals surface area contributed by atoms with Gasteiger partial charge in [0, 0.05) is 10.0 Å². The van der Waals surface area contributed by atoms with Crippen molar-refractivity contribution in [2.75, 3.05) is 0 Å². The Kier molecular flexibility index (Phi) is 4.18. The molecule has 2 rings (SSSR count). The first kappa shape index (κ1) is 12.6. The van der Waals surface area contributed by atoms with Crippen molar-refractivity contribution in [1.29, 1.82) is 0 Å². The summed E-state index contributed by atoms with van der Waals surface area (Å²) in [6.45, 7) is 0. The SMILES string of the molecule is O=C(N[C@@H]1CCCC[C@@H]1O)c1ccc(Br)cc1. The minimum atomic E-state index is -0.400. The molecule has 1 aromatic carbocycles. The Labute approximate surface area is 109 Å². The van der Waals surface area contributed by atoms with E-state index < -0.39 is 6.10 Å². The standard InChI is InChI=1S/C13H16BrNO2/c14-10-7-5-9(6-8-10)13(17)15-11-3-1-2-4-12(11)16/h5-8,11-12,16H,1-4H2,(H,15,17)/t11-,12+/m1/s1. The smallest absolute Gasteiger partial charge is 0.251 e. The molecular weight excluding hydrogens is 282 g/mol. The van der Waals surface area contributed by atoms with Gasteiger partial charge in [-0.15, -0.1) is 0 Å². The number of aliphatic hydroxyl groups excluding tert-OH is 1. The van der Waals surface area contributed by atoms with Crippen molar-refractivity contribution in [3.05, 3.63) is 34.3 Å².